The number of hydrogen-bond donors (Lipinski definition) is 1. The lowest BCUT2D eigenvalue weighted by Crippen LogP contribution is -1.93. The van der Waals surface area contributed by atoms with Crippen LogP contribution >= 0.6 is 11.8 Å². The molecule has 1 N–H and O–H groups in total. The maximum absolute atomic E-state index is 14.1. The Hall–Kier alpha value is -2.86. The molecule has 27 heavy (non-hydrogen) atoms. The summed E-state index contributed by atoms with van der Waals surface area (Å²) >= 11 is 1.66. The summed E-state index contributed by atoms with van der Waals surface area (Å²) < 4.78 is 33.1. The van der Waals surface area contributed by atoms with Crippen LogP contribution in [-0.4, -0.2) is 23.3 Å². The van der Waals surface area contributed by atoms with Gasteiger partial charge in [-0.25, -0.2) is 13.8 Å². The monoisotopic (exact) mass is 382 g/mol. The molecule has 136 valence electrons. The predicted molar refractivity (Wildman–Crippen MR) is 105 cm³/mol. The molecule has 0 fully saturated rings. The molecule has 2 aromatic heterocycles. The van der Waals surface area contributed by atoms with Crippen LogP contribution in [0.5, 0.6) is 5.75 Å². The number of pyridine rings is 1. The minimum atomic E-state index is -0.737. The zero-order chi connectivity index (χ0) is 19.0. The van der Waals surface area contributed by atoms with Gasteiger partial charge >= 0.3 is 0 Å². The maximum atomic E-state index is 14.1. The van der Waals surface area contributed by atoms with Gasteiger partial charge in [0.2, 0.25) is 0 Å². The lowest BCUT2D eigenvalue weighted by atomic mass is 10.0. The van der Waals surface area contributed by atoms with Gasteiger partial charge in [0.25, 0.3) is 0 Å². The van der Waals surface area contributed by atoms with E-state index < -0.39 is 11.6 Å². The fourth-order valence-corrected chi connectivity index (χ4v) is 3.61. The van der Waals surface area contributed by atoms with Crippen molar-refractivity contribution in [3.8, 4) is 28.0 Å². The third-order valence-corrected chi connectivity index (χ3v) is 5.16. The van der Waals surface area contributed by atoms with E-state index in [0.29, 0.717) is 16.8 Å². The molecule has 2 heterocycles. The van der Waals surface area contributed by atoms with Crippen LogP contribution in [0, 0.1) is 11.6 Å². The number of nitrogens with one attached hydrogen (secondary N) is 1. The first-order valence-corrected chi connectivity index (χ1v) is 9.48. The average Bonchev–Trinajstić information content (AvgIpc) is 3.10. The number of nitrogens with zero attached hydrogens (tertiary/aromatic N) is 1. The van der Waals surface area contributed by atoms with Crippen molar-refractivity contribution >= 4 is 22.8 Å². The highest BCUT2D eigenvalue weighted by atomic mass is 32.2. The highest BCUT2D eigenvalue weighted by Gasteiger charge is 2.17. The van der Waals surface area contributed by atoms with Crippen molar-refractivity contribution in [3.05, 3.63) is 66.5 Å². The smallest absolute Gasteiger partial charge is 0.168 e. The molecule has 4 aromatic rings. The summed E-state index contributed by atoms with van der Waals surface area (Å²) in [5, 5.41) is 0.769. The number of thioether (sulfide) groups is 1. The molecule has 3 nitrogen and oxygen atoms in total. The molecule has 2 aromatic carbocycles. The minimum Gasteiger partial charge on any atom is -0.493 e. The van der Waals surface area contributed by atoms with E-state index in [4.69, 9.17) is 4.74 Å². The Bertz CT molecular complexity index is 1140. The number of rotatable bonds is 4. The van der Waals surface area contributed by atoms with E-state index in [2.05, 4.69) is 16.0 Å². The van der Waals surface area contributed by atoms with Crippen molar-refractivity contribution < 1.29 is 13.5 Å². The first-order valence-electron chi connectivity index (χ1n) is 8.25. The van der Waals surface area contributed by atoms with Crippen LogP contribution in [0.1, 0.15) is 0 Å². The van der Waals surface area contributed by atoms with Gasteiger partial charge in [0.05, 0.1) is 7.11 Å². The number of fused-ring (bicyclic) bond motifs is 1. The molecule has 0 unspecified atom stereocenters. The number of ether oxygens (including phenoxy) is 1. The first-order chi connectivity index (χ1) is 13.1. The summed E-state index contributed by atoms with van der Waals surface area (Å²) in [6.45, 7) is 0. The van der Waals surface area contributed by atoms with Crippen molar-refractivity contribution in [2.45, 2.75) is 4.90 Å². The van der Waals surface area contributed by atoms with Crippen LogP contribution in [-0.2, 0) is 0 Å². The molecular formula is C21H16F2N2OS. The van der Waals surface area contributed by atoms with Crippen LogP contribution in [0.4, 0.5) is 8.78 Å². The summed E-state index contributed by atoms with van der Waals surface area (Å²) in [6.07, 6.45) is 5.50. The SMILES string of the molecule is COc1c(F)cc(F)cc1-c1c[nH]c2ncc(-c3cccc(SC)c3)cc12. The van der Waals surface area contributed by atoms with E-state index in [1.54, 1.807) is 24.2 Å². The fraction of sp³-hybridized carbons (Fsp3) is 0.0952. The second kappa shape index (κ2) is 7.04. The van der Waals surface area contributed by atoms with E-state index >= 15 is 0 Å². The summed E-state index contributed by atoms with van der Waals surface area (Å²) in [5.41, 5.74) is 3.58. The van der Waals surface area contributed by atoms with E-state index in [9.17, 15) is 8.78 Å². The van der Waals surface area contributed by atoms with Gasteiger partial charge in [0, 0.05) is 45.4 Å². The molecule has 0 aliphatic heterocycles. The lowest BCUT2D eigenvalue weighted by molar-refractivity contribution is 0.386. The van der Waals surface area contributed by atoms with Crippen LogP contribution < -0.4 is 4.74 Å². The number of aromatic amines is 1. The van der Waals surface area contributed by atoms with Gasteiger partial charge in [0.1, 0.15) is 11.5 Å². The molecule has 0 amide bonds. The topological polar surface area (TPSA) is 37.9 Å². The summed E-state index contributed by atoms with van der Waals surface area (Å²) in [6, 6.07) is 12.2. The molecule has 0 saturated carbocycles. The van der Waals surface area contributed by atoms with Crippen LogP contribution in [0.3, 0.4) is 0 Å². The Kier molecular flexibility index (Phi) is 4.58. The molecule has 0 saturated heterocycles. The minimum absolute atomic E-state index is 0.00656. The summed E-state index contributed by atoms with van der Waals surface area (Å²) in [7, 11) is 1.37. The second-order valence-electron chi connectivity index (χ2n) is 6.02. The number of benzene rings is 2. The van der Waals surface area contributed by atoms with E-state index in [-0.39, 0.29) is 5.75 Å². The van der Waals surface area contributed by atoms with Crippen molar-refractivity contribution in [1.29, 1.82) is 0 Å². The Morgan fingerprint density at radius 3 is 2.67 bits per heavy atom. The molecule has 0 aliphatic rings. The summed E-state index contributed by atoms with van der Waals surface area (Å²) in [5.74, 6) is -1.39. The third kappa shape index (κ3) is 3.17. The van der Waals surface area contributed by atoms with E-state index in [1.807, 2.05) is 30.5 Å². The molecule has 0 spiro atoms. The predicted octanol–water partition coefficient (Wildman–Crippen LogP) is 5.91. The van der Waals surface area contributed by atoms with Crippen molar-refractivity contribution in [2.75, 3.05) is 13.4 Å². The van der Waals surface area contributed by atoms with Gasteiger partial charge < -0.3 is 9.72 Å². The van der Waals surface area contributed by atoms with Crippen LogP contribution in [0.2, 0.25) is 0 Å². The van der Waals surface area contributed by atoms with E-state index in [1.165, 1.54) is 13.2 Å². The Morgan fingerprint density at radius 2 is 1.89 bits per heavy atom. The normalized spacial score (nSPS) is 11.1. The highest BCUT2D eigenvalue weighted by molar-refractivity contribution is 7.98. The van der Waals surface area contributed by atoms with Crippen LogP contribution in [0.25, 0.3) is 33.3 Å². The molecule has 0 radical (unpaired) electrons. The standard InChI is InChI=1S/C21H16F2N2OS/c1-26-20-16(8-14(22)9-19(20)23)18-11-25-21-17(18)7-13(10-24-21)12-4-3-5-15(6-12)27-2/h3-11H,1-2H3,(H,24,25). The zero-order valence-electron chi connectivity index (χ0n) is 14.7. The largest absolute Gasteiger partial charge is 0.493 e. The molecule has 4 rings (SSSR count). The number of halogens is 2. The van der Waals surface area contributed by atoms with Gasteiger partial charge in [-0.05, 0) is 36.1 Å². The molecular weight excluding hydrogens is 366 g/mol. The number of methoxy groups -OCH3 is 1. The molecule has 0 bridgehead atoms. The Labute approximate surface area is 159 Å². The second-order valence-corrected chi connectivity index (χ2v) is 6.90. The third-order valence-electron chi connectivity index (χ3n) is 4.44. The lowest BCUT2D eigenvalue weighted by Gasteiger charge is -2.10. The quantitative estimate of drug-likeness (QED) is 0.446. The van der Waals surface area contributed by atoms with Gasteiger partial charge in [-0.3, -0.25) is 0 Å². The fourth-order valence-electron chi connectivity index (χ4n) is 3.15. The van der Waals surface area contributed by atoms with Gasteiger partial charge in [0.15, 0.2) is 11.6 Å². The van der Waals surface area contributed by atoms with Crippen molar-refractivity contribution in [1.82, 2.24) is 9.97 Å². The summed E-state index contributed by atoms with van der Waals surface area (Å²) in [4.78, 5) is 8.68. The van der Waals surface area contributed by atoms with Crippen LogP contribution in [0.15, 0.2) is 59.8 Å². The van der Waals surface area contributed by atoms with Crippen molar-refractivity contribution in [3.63, 3.8) is 0 Å². The Balaban J connectivity index is 1.91. The average molecular weight is 382 g/mol. The highest BCUT2D eigenvalue weighted by Crippen LogP contribution is 2.38. The number of hydrogen-bond acceptors (Lipinski definition) is 3. The number of H-pyrrole nitrogens is 1. The molecule has 0 atom stereocenters. The van der Waals surface area contributed by atoms with Crippen molar-refractivity contribution in [2.24, 2.45) is 0 Å². The van der Waals surface area contributed by atoms with E-state index in [0.717, 1.165) is 27.5 Å². The first kappa shape index (κ1) is 17.5. The molecule has 0 aliphatic carbocycles. The van der Waals surface area contributed by atoms with Gasteiger partial charge in [-0.2, -0.15) is 0 Å². The Morgan fingerprint density at radius 1 is 1.04 bits per heavy atom. The number of aromatic nitrogens is 2. The van der Waals surface area contributed by atoms with Gasteiger partial charge in [-0.1, -0.05) is 12.1 Å². The molecule has 6 heteroatoms. The zero-order valence-corrected chi connectivity index (χ0v) is 15.5. The maximum Gasteiger partial charge on any atom is 0.168 e. The van der Waals surface area contributed by atoms with Gasteiger partial charge in [-0.15, -0.1) is 11.8 Å².